The van der Waals surface area contributed by atoms with Gasteiger partial charge in [0.05, 0.1) is 10.5 Å². The van der Waals surface area contributed by atoms with Gasteiger partial charge in [-0.1, -0.05) is 25.1 Å². The lowest BCUT2D eigenvalue weighted by atomic mass is 10.1. The van der Waals surface area contributed by atoms with Gasteiger partial charge >= 0.3 is 16.1 Å². The number of esters is 1. The average molecular weight is 475 g/mol. The van der Waals surface area contributed by atoms with Crippen molar-refractivity contribution in [2.75, 3.05) is 0 Å². The Labute approximate surface area is 189 Å². The predicted molar refractivity (Wildman–Crippen MR) is 114 cm³/mol. The van der Waals surface area contributed by atoms with E-state index >= 15 is 0 Å². The first kappa shape index (κ1) is 23.9. The number of nitrogens with zero attached hydrogens (tertiary/aromatic N) is 3. The van der Waals surface area contributed by atoms with E-state index in [2.05, 4.69) is 10.1 Å². The van der Waals surface area contributed by atoms with Gasteiger partial charge in [-0.05, 0) is 42.7 Å². The molecule has 0 saturated heterocycles. The Balaban J connectivity index is 1.65. The van der Waals surface area contributed by atoms with Crippen molar-refractivity contribution in [3.63, 3.8) is 0 Å². The molecule has 0 fully saturated rings. The Morgan fingerprint density at radius 3 is 2.52 bits per heavy atom. The first-order valence-corrected chi connectivity index (χ1v) is 11.2. The second-order valence-corrected chi connectivity index (χ2v) is 9.06. The van der Waals surface area contributed by atoms with E-state index in [4.69, 9.17) is 13.4 Å². The van der Waals surface area contributed by atoms with E-state index in [1.54, 1.807) is 0 Å². The third kappa shape index (κ3) is 6.13. The van der Waals surface area contributed by atoms with Gasteiger partial charge in [0.1, 0.15) is 10.6 Å². The molecule has 174 valence electrons. The Morgan fingerprint density at radius 1 is 1.18 bits per heavy atom. The number of carbonyl (C=O) groups is 1. The molecule has 0 aliphatic heterocycles. The van der Waals surface area contributed by atoms with Crippen LogP contribution in [0.1, 0.15) is 41.5 Å². The second kappa shape index (κ2) is 9.77. The number of non-ortho nitro benzene ring substituents is 1. The predicted octanol–water partition coefficient (Wildman–Crippen LogP) is 3.61. The molecule has 0 atom stereocenters. The molecule has 1 aromatic heterocycles. The number of ether oxygens (including phenoxy) is 1. The fraction of sp³-hybridized carbons (Fsp3) is 0.286. The van der Waals surface area contributed by atoms with E-state index < -0.39 is 21.0 Å². The highest BCUT2D eigenvalue weighted by atomic mass is 32.2. The summed E-state index contributed by atoms with van der Waals surface area (Å²) in [5.41, 5.74) is 0.0602. The van der Waals surface area contributed by atoms with Crippen molar-refractivity contribution in [2.45, 2.75) is 38.7 Å². The molecule has 33 heavy (non-hydrogen) atoms. The van der Waals surface area contributed by atoms with Crippen LogP contribution in [0.25, 0.3) is 0 Å². The Kier molecular flexibility index (Phi) is 7.07. The van der Waals surface area contributed by atoms with Crippen LogP contribution in [-0.2, 0) is 27.9 Å². The first-order chi connectivity index (χ1) is 15.5. The van der Waals surface area contributed by atoms with Crippen LogP contribution in [0.15, 0.2) is 51.9 Å². The zero-order valence-corrected chi connectivity index (χ0v) is 18.9. The maximum Gasteiger partial charge on any atom is 0.339 e. The quantitative estimate of drug-likeness (QED) is 0.194. The topological polar surface area (TPSA) is 152 Å². The van der Waals surface area contributed by atoms with E-state index in [0.29, 0.717) is 23.7 Å². The number of aryl methyl sites for hydroxylation is 1. The highest BCUT2D eigenvalue weighted by Gasteiger charge is 2.23. The van der Waals surface area contributed by atoms with Crippen molar-refractivity contribution in [3.8, 4) is 5.75 Å². The molecule has 0 amide bonds. The van der Waals surface area contributed by atoms with Gasteiger partial charge in [0.2, 0.25) is 0 Å². The number of rotatable bonds is 9. The molecule has 0 aliphatic rings. The second-order valence-electron chi connectivity index (χ2n) is 7.55. The number of nitro benzene ring substituents is 1. The van der Waals surface area contributed by atoms with Crippen molar-refractivity contribution in [3.05, 3.63) is 75.4 Å². The third-order valence-corrected chi connectivity index (χ3v) is 5.77. The highest BCUT2D eigenvalue weighted by molar-refractivity contribution is 7.87. The van der Waals surface area contributed by atoms with Crippen molar-refractivity contribution in [2.24, 2.45) is 5.92 Å². The van der Waals surface area contributed by atoms with Crippen LogP contribution in [0.2, 0.25) is 0 Å². The molecule has 0 spiro atoms. The lowest BCUT2D eigenvalue weighted by Gasteiger charge is -2.09. The van der Waals surface area contributed by atoms with Crippen LogP contribution in [0, 0.1) is 23.0 Å². The van der Waals surface area contributed by atoms with Crippen LogP contribution >= 0.6 is 0 Å². The summed E-state index contributed by atoms with van der Waals surface area (Å²) >= 11 is 0. The van der Waals surface area contributed by atoms with Gasteiger partial charge < -0.3 is 13.4 Å². The monoisotopic (exact) mass is 475 g/mol. The Bertz CT molecular complexity index is 1270. The molecule has 0 saturated carbocycles. The van der Waals surface area contributed by atoms with Gasteiger partial charge in [0.15, 0.2) is 12.4 Å². The molecule has 11 nitrogen and oxygen atoms in total. The Hall–Kier alpha value is -3.80. The summed E-state index contributed by atoms with van der Waals surface area (Å²) in [5, 5.41) is 14.8. The van der Waals surface area contributed by atoms with Gasteiger partial charge in [-0.3, -0.25) is 10.1 Å². The van der Waals surface area contributed by atoms with Crippen molar-refractivity contribution < 1.29 is 31.6 Å². The average Bonchev–Trinajstić information content (AvgIpc) is 3.18. The summed E-state index contributed by atoms with van der Waals surface area (Å²) in [6.07, 6.45) is 0.637. The van der Waals surface area contributed by atoms with Gasteiger partial charge in [0.25, 0.3) is 11.6 Å². The number of benzene rings is 2. The van der Waals surface area contributed by atoms with Crippen molar-refractivity contribution in [1.82, 2.24) is 10.1 Å². The highest BCUT2D eigenvalue weighted by Crippen LogP contribution is 2.25. The van der Waals surface area contributed by atoms with Gasteiger partial charge in [-0.2, -0.15) is 13.4 Å². The molecule has 3 rings (SSSR count). The molecule has 3 aromatic rings. The minimum Gasteiger partial charge on any atom is -0.452 e. The summed E-state index contributed by atoms with van der Waals surface area (Å²) in [7, 11) is -4.33. The standard InChI is InChI=1S/C21H21N3O8S/c1-13(2)10-19-22-20(31-23-19)12-30-21(25)15-5-8-17(9-6-15)32-33(28,29)18-11-16(24(26)27)7-4-14(18)3/h4-9,11,13H,10,12H2,1-3H3. The number of hydrogen-bond donors (Lipinski definition) is 0. The zero-order chi connectivity index (χ0) is 24.2. The summed E-state index contributed by atoms with van der Waals surface area (Å²) in [4.78, 5) is 26.3. The van der Waals surface area contributed by atoms with E-state index in [-0.39, 0.29) is 34.4 Å². The fourth-order valence-electron chi connectivity index (χ4n) is 2.80. The largest absolute Gasteiger partial charge is 0.452 e. The number of nitro groups is 1. The maximum absolute atomic E-state index is 12.6. The van der Waals surface area contributed by atoms with Crippen molar-refractivity contribution >= 4 is 21.8 Å². The molecule has 0 N–H and O–H groups in total. The Morgan fingerprint density at radius 2 is 1.88 bits per heavy atom. The minimum absolute atomic E-state index is 0.0762. The van der Waals surface area contributed by atoms with Crippen LogP contribution in [0.3, 0.4) is 0 Å². The number of aromatic nitrogens is 2. The van der Waals surface area contributed by atoms with E-state index in [1.165, 1.54) is 43.3 Å². The van der Waals surface area contributed by atoms with Gasteiger partial charge in [-0.25, -0.2) is 4.79 Å². The first-order valence-electron chi connectivity index (χ1n) is 9.83. The SMILES string of the molecule is Cc1ccc([N+](=O)[O-])cc1S(=O)(=O)Oc1ccc(C(=O)OCc2nc(CC(C)C)no2)cc1. The molecule has 2 aromatic carbocycles. The van der Waals surface area contributed by atoms with Gasteiger partial charge in [-0.15, -0.1) is 0 Å². The van der Waals surface area contributed by atoms with E-state index in [1.807, 2.05) is 13.8 Å². The van der Waals surface area contributed by atoms with Gasteiger partial charge in [0, 0.05) is 18.6 Å². The molecule has 0 unspecified atom stereocenters. The molecule has 0 aliphatic carbocycles. The molecular weight excluding hydrogens is 454 g/mol. The lowest BCUT2D eigenvalue weighted by Crippen LogP contribution is -2.12. The van der Waals surface area contributed by atoms with Crippen LogP contribution < -0.4 is 4.18 Å². The maximum atomic E-state index is 12.6. The van der Waals surface area contributed by atoms with E-state index in [0.717, 1.165) is 6.07 Å². The lowest BCUT2D eigenvalue weighted by molar-refractivity contribution is -0.385. The summed E-state index contributed by atoms with van der Waals surface area (Å²) in [5.74, 6) is 0.286. The summed E-state index contributed by atoms with van der Waals surface area (Å²) in [6, 6.07) is 8.65. The van der Waals surface area contributed by atoms with E-state index in [9.17, 15) is 23.3 Å². The number of carbonyl (C=O) groups excluding carboxylic acids is 1. The normalized spacial score (nSPS) is 11.4. The summed E-state index contributed by atoms with van der Waals surface area (Å²) < 4.78 is 40.4. The van der Waals surface area contributed by atoms with Crippen LogP contribution in [0.5, 0.6) is 5.75 Å². The minimum atomic E-state index is -4.33. The molecule has 12 heteroatoms. The molecule has 1 heterocycles. The van der Waals surface area contributed by atoms with Crippen LogP contribution in [-0.4, -0.2) is 29.5 Å². The molecule has 0 radical (unpaired) electrons. The van der Waals surface area contributed by atoms with Crippen molar-refractivity contribution in [1.29, 1.82) is 0 Å². The third-order valence-electron chi connectivity index (χ3n) is 4.38. The fourth-order valence-corrected chi connectivity index (χ4v) is 3.98. The molecule has 0 bridgehead atoms. The smallest absolute Gasteiger partial charge is 0.339 e. The zero-order valence-electron chi connectivity index (χ0n) is 18.0. The molecular formula is C21H21N3O8S. The number of hydrogen-bond acceptors (Lipinski definition) is 10. The summed E-state index contributed by atoms with van der Waals surface area (Å²) in [6.45, 7) is 5.32. The van der Waals surface area contributed by atoms with Crippen LogP contribution in [0.4, 0.5) is 5.69 Å².